The first-order valence-electron chi connectivity index (χ1n) is 6.99. The third-order valence-corrected chi connectivity index (χ3v) is 3.34. The zero-order valence-electron chi connectivity index (χ0n) is 11.4. The van der Waals surface area contributed by atoms with E-state index in [9.17, 15) is 0 Å². The van der Waals surface area contributed by atoms with Crippen molar-refractivity contribution >= 4 is 0 Å². The molecule has 4 heteroatoms. The van der Waals surface area contributed by atoms with Crippen LogP contribution in [0.15, 0.2) is 6.20 Å². The summed E-state index contributed by atoms with van der Waals surface area (Å²) in [5.41, 5.74) is 2.38. The van der Waals surface area contributed by atoms with Gasteiger partial charge in [0.1, 0.15) is 5.82 Å². The Kier molecular flexibility index (Phi) is 5.08. The van der Waals surface area contributed by atoms with Crippen LogP contribution in [0.4, 0.5) is 0 Å². The van der Waals surface area contributed by atoms with E-state index in [0.29, 0.717) is 6.10 Å². The van der Waals surface area contributed by atoms with Gasteiger partial charge in [-0.1, -0.05) is 13.8 Å². The fourth-order valence-electron chi connectivity index (χ4n) is 2.30. The van der Waals surface area contributed by atoms with Gasteiger partial charge in [0.15, 0.2) is 0 Å². The van der Waals surface area contributed by atoms with Gasteiger partial charge in [-0.2, -0.15) is 0 Å². The van der Waals surface area contributed by atoms with Gasteiger partial charge in [0, 0.05) is 37.0 Å². The average Bonchev–Trinajstić information content (AvgIpc) is 2.90. The topological polar surface area (TPSA) is 47.0 Å². The van der Waals surface area contributed by atoms with E-state index in [0.717, 1.165) is 44.8 Å². The Morgan fingerprint density at radius 2 is 2.33 bits per heavy atom. The van der Waals surface area contributed by atoms with Gasteiger partial charge in [-0.3, -0.25) is 0 Å². The summed E-state index contributed by atoms with van der Waals surface area (Å²) in [5.74, 6) is 0.930. The van der Waals surface area contributed by atoms with Crippen LogP contribution in [0.25, 0.3) is 0 Å². The van der Waals surface area contributed by atoms with Crippen LogP contribution in [-0.4, -0.2) is 29.2 Å². The number of rotatable bonds is 6. The van der Waals surface area contributed by atoms with Crippen LogP contribution < -0.4 is 5.32 Å². The summed E-state index contributed by atoms with van der Waals surface area (Å²) < 4.78 is 5.63. The first-order valence-corrected chi connectivity index (χ1v) is 6.99. The van der Waals surface area contributed by atoms with Crippen molar-refractivity contribution in [2.75, 3.05) is 13.2 Å². The largest absolute Gasteiger partial charge is 0.378 e. The molecule has 2 rings (SSSR count). The van der Waals surface area contributed by atoms with Crippen LogP contribution in [0.2, 0.25) is 0 Å². The van der Waals surface area contributed by atoms with Gasteiger partial charge in [-0.05, 0) is 25.8 Å². The third kappa shape index (κ3) is 3.50. The molecule has 1 unspecified atom stereocenters. The zero-order valence-corrected chi connectivity index (χ0v) is 11.4. The standard InChI is InChI=1S/C14H23N3O/c1-3-13-11(9-15-4-2)10-16-14(17-13)8-12-6-5-7-18-12/h10,12,15H,3-9H2,1-2H3. The Hall–Kier alpha value is -1.00. The highest BCUT2D eigenvalue weighted by atomic mass is 16.5. The number of nitrogens with one attached hydrogen (secondary N) is 1. The maximum atomic E-state index is 5.63. The molecule has 0 spiro atoms. The second-order valence-electron chi connectivity index (χ2n) is 4.73. The molecule has 1 fully saturated rings. The molecule has 0 saturated carbocycles. The number of aromatic nitrogens is 2. The molecule has 18 heavy (non-hydrogen) atoms. The lowest BCUT2D eigenvalue weighted by Crippen LogP contribution is -2.17. The number of hydrogen-bond acceptors (Lipinski definition) is 4. The zero-order chi connectivity index (χ0) is 12.8. The molecule has 0 amide bonds. The first kappa shape index (κ1) is 13.4. The predicted octanol–water partition coefficient (Wildman–Crippen LogP) is 1.87. The molecule has 1 aromatic rings. The summed E-state index contributed by atoms with van der Waals surface area (Å²) >= 11 is 0. The quantitative estimate of drug-likeness (QED) is 0.836. The number of nitrogens with zero attached hydrogens (tertiary/aromatic N) is 2. The SMILES string of the molecule is CCNCc1cnc(CC2CCCO2)nc1CC. The maximum Gasteiger partial charge on any atom is 0.131 e. The minimum atomic E-state index is 0.328. The number of ether oxygens (including phenoxy) is 1. The van der Waals surface area contributed by atoms with Crippen LogP contribution in [0.1, 0.15) is 43.8 Å². The fourth-order valence-corrected chi connectivity index (χ4v) is 2.30. The molecular weight excluding hydrogens is 226 g/mol. The minimum absolute atomic E-state index is 0.328. The van der Waals surface area contributed by atoms with Crippen molar-refractivity contribution in [2.24, 2.45) is 0 Å². The Morgan fingerprint density at radius 1 is 1.44 bits per heavy atom. The molecule has 1 aliphatic rings. The second-order valence-corrected chi connectivity index (χ2v) is 4.73. The lowest BCUT2D eigenvalue weighted by molar-refractivity contribution is 0.110. The van der Waals surface area contributed by atoms with Gasteiger partial charge in [0.2, 0.25) is 0 Å². The van der Waals surface area contributed by atoms with Crippen molar-refractivity contribution in [2.45, 2.75) is 52.2 Å². The van der Waals surface area contributed by atoms with Crippen LogP contribution in [0, 0.1) is 0 Å². The number of aryl methyl sites for hydroxylation is 1. The van der Waals surface area contributed by atoms with Crippen LogP contribution >= 0.6 is 0 Å². The van der Waals surface area contributed by atoms with Gasteiger partial charge < -0.3 is 10.1 Å². The highest BCUT2D eigenvalue weighted by molar-refractivity contribution is 5.18. The van der Waals surface area contributed by atoms with Crippen molar-refractivity contribution in [1.29, 1.82) is 0 Å². The molecule has 1 N–H and O–H groups in total. The van der Waals surface area contributed by atoms with Crippen molar-refractivity contribution < 1.29 is 4.74 Å². The second kappa shape index (κ2) is 6.81. The molecule has 1 saturated heterocycles. The van der Waals surface area contributed by atoms with E-state index >= 15 is 0 Å². The molecule has 0 aliphatic carbocycles. The van der Waals surface area contributed by atoms with Crippen LogP contribution in [-0.2, 0) is 24.1 Å². The summed E-state index contributed by atoms with van der Waals surface area (Å²) in [6, 6.07) is 0. The van der Waals surface area contributed by atoms with Gasteiger partial charge in [-0.25, -0.2) is 9.97 Å². The van der Waals surface area contributed by atoms with E-state index in [1.54, 1.807) is 0 Å². The molecule has 4 nitrogen and oxygen atoms in total. The normalized spacial score (nSPS) is 19.3. The highest BCUT2D eigenvalue weighted by Gasteiger charge is 2.17. The van der Waals surface area contributed by atoms with Crippen molar-refractivity contribution in [3.05, 3.63) is 23.3 Å². The molecule has 0 aromatic carbocycles. The average molecular weight is 249 g/mol. The van der Waals surface area contributed by atoms with E-state index in [1.165, 1.54) is 17.7 Å². The molecule has 1 aromatic heterocycles. The fraction of sp³-hybridized carbons (Fsp3) is 0.714. The Morgan fingerprint density at radius 3 is 3.00 bits per heavy atom. The highest BCUT2D eigenvalue weighted by Crippen LogP contribution is 2.16. The lowest BCUT2D eigenvalue weighted by Gasteiger charge is -2.11. The van der Waals surface area contributed by atoms with Gasteiger partial charge in [-0.15, -0.1) is 0 Å². The van der Waals surface area contributed by atoms with Gasteiger partial charge in [0.25, 0.3) is 0 Å². The van der Waals surface area contributed by atoms with Gasteiger partial charge in [0.05, 0.1) is 6.10 Å². The van der Waals surface area contributed by atoms with Crippen molar-refractivity contribution in [3.63, 3.8) is 0 Å². The van der Waals surface area contributed by atoms with E-state index in [4.69, 9.17) is 4.74 Å². The van der Waals surface area contributed by atoms with Crippen LogP contribution in [0.3, 0.4) is 0 Å². The lowest BCUT2D eigenvalue weighted by atomic mass is 10.1. The molecule has 2 heterocycles. The summed E-state index contributed by atoms with van der Waals surface area (Å²) in [6.07, 6.45) is 6.43. The summed E-state index contributed by atoms with van der Waals surface area (Å²) in [4.78, 5) is 9.15. The molecular formula is C14H23N3O. The van der Waals surface area contributed by atoms with E-state index < -0.39 is 0 Å². The Balaban J connectivity index is 2.03. The molecule has 0 radical (unpaired) electrons. The third-order valence-electron chi connectivity index (χ3n) is 3.34. The Labute approximate surface area is 109 Å². The van der Waals surface area contributed by atoms with Crippen LogP contribution in [0.5, 0.6) is 0 Å². The molecule has 1 aliphatic heterocycles. The Bertz CT molecular complexity index is 375. The van der Waals surface area contributed by atoms with Crippen molar-refractivity contribution in [3.8, 4) is 0 Å². The summed E-state index contributed by atoms with van der Waals surface area (Å²) in [5, 5.41) is 3.33. The van der Waals surface area contributed by atoms with E-state index in [1.807, 2.05) is 6.20 Å². The van der Waals surface area contributed by atoms with E-state index in [2.05, 4.69) is 29.1 Å². The molecule has 100 valence electrons. The maximum absolute atomic E-state index is 5.63. The summed E-state index contributed by atoms with van der Waals surface area (Å²) in [7, 11) is 0. The molecule has 0 bridgehead atoms. The van der Waals surface area contributed by atoms with Crippen molar-refractivity contribution in [1.82, 2.24) is 15.3 Å². The number of hydrogen-bond donors (Lipinski definition) is 1. The monoisotopic (exact) mass is 249 g/mol. The first-order chi connectivity index (χ1) is 8.83. The summed E-state index contributed by atoms with van der Waals surface area (Å²) in [6.45, 7) is 6.98. The van der Waals surface area contributed by atoms with Gasteiger partial charge >= 0.3 is 0 Å². The molecule has 1 atom stereocenters. The smallest absolute Gasteiger partial charge is 0.131 e. The predicted molar refractivity (Wildman–Crippen MR) is 71.5 cm³/mol. The minimum Gasteiger partial charge on any atom is -0.378 e. The van der Waals surface area contributed by atoms with E-state index in [-0.39, 0.29) is 0 Å².